The number of aliphatic carboxylic acids is 1. The second kappa shape index (κ2) is 6.61. The maximum Gasteiger partial charge on any atom is 0.336 e. The third kappa shape index (κ3) is 3.86. The van der Waals surface area contributed by atoms with Crippen LogP contribution in [-0.4, -0.2) is 17.7 Å². The average molecular weight is 283 g/mol. The standard InChI is InChI=1S/C17H17NO3/c1-2-21-15-9-3-12(4-10-15)11-16(17(19)20)13-5-7-14(18)8-6-13/h3-11H,2,18H2,1H3,(H,19,20)/b16-11-. The van der Waals surface area contributed by atoms with Crippen molar-refractivity contribution in [2.45, 2.75) is 6.92 Å². The highest BCUT2D eigenvalue weighted by Gasteiger charge is 2.10. The number of carbonyl (C=O) groups is 1. The predicted molar refractivity (Wildman–Crippen MR) is 84.0 cm³/mol. The van der Waals surface area contributed by atoms with Crippen molar-refractivity contribution < 1.29 is 14.6 Å². The first-order valence-corrected chi connectivity index (χ1v) is 6.64. The smallest absolute Gasteiger partial charge is 0.336 e. The Morgan fingerprint density at radius 1 is 1.14 bits per heavy atom. The first-order chi connectivity index (χ1) is 10.1. The van der Waals surface area contributed by atoms with Crippen LogP contribution in [0.2, 0.25) is 0 Å². The van der Waals surface area contributed by atoms with Crippen LogP contribution in [0.5, 0.6) is 5.75 Å². The minimum atomic E-state index is -0.978. The Balaban J connectivity index is 2.33. The molecule has 0 amide bonds. The lowest BCUT2D eigenvalue weighted by Gasteiger charge is -2.05. The molecule has 2 aromatic rings. The van der Waals surface area contributed by atoms with Crippen LogP contribution in [0.15, 0.2) is 48.5 Å². The number of benzene rings is 2. The number of hydrogen-bond acceptors (Lipinski definition) is 3. The number of rotatable bonds is 5. The van der Waals surface area contributed by atoms with Gasteiger partial charge in [-0.3, -0.25) is 0 Å². The maximum absolute atomic E-state index is 11.4. The van der Waals surface area contributed by atoms with Crippen LogP contribution in [-0.2, 0) is 4.79 Å². The lowest BCUT2D eigenvalue weighted by atomic mass is 10.0. The fourth-order valence-electron chi connectivity index (χ4n) is 1.92. The summed E-state index contributed by atoms with van der Waals surface area (Å²) in [5, 5.41) is 9.37. The predicted octanol–water partition coefficient (Wildman–Crippen LogP) is 3.29. The van der Waals surface area contributed by atoms with Crippen LogP contribution in [0, 0.1) is 0 Å². The zero-order valence-electron chi connectivity index (χ0n) is 11.7. The van der Waals surface area contributed by atoms with E-state index < -0.39 is 5.97 Å². The summed E-state index contributed by atoms with van der Waals surface area (Å²) in [4.78, 5) is 11.4. The Hall–Kier alpha value is -2.75. The SMILES string of the molecule is CCOc1ccc(/C=C(\C(=O)O)c2ccc(N)cc2)cc1. The normalized spacial score (nSPS) is 11.2. The Morgan fingerprint density at radius 2 is 1.76 bits per heavy atom. The van der Waals surface area contributed by atoms with Crippen molar-refractivity contribution in [3.05, 3.63) is 59.7 Å². The van der Waals surface area contributed by atoms with Crippen molar-refractivity contribution in [3.8, 4) is 5.75 Å². The molecule has 2 rings (SSSR count). The van der Waals surface area contributed by atoms with E-state index in [9.17, 15) is 9.90 Å². The molecule has 0 radical (unpaired) electrons. The maximum atomic E-state index is 11.4. The van der Waals surface area contributed by atoms with Crippen LogP contribution in [0.4, 0.5) is 5.69 Å². The summed E-state index contributed by atoms with van der Waals surface area (Å²) in [6.07, 6.45) is 1.63. The Bertz CT molecular complexity index is 643. The molecule has 0 bridgehead atoms. The quantitative estimate of drug-likeness (QED) is 0.501. The van der Waals surface area contributed by atoms with Gasteiger partial charge in [0, 0.05) is 5.69 Å². The first kappa shape index (κ1) is 14.7. The van der Waals surface area contributed by atoms with E-state index in [2.05, 4.69) is 0 Å². The van der Waals surface area contributed by atoms with E-state index in [0.717, 1.165) is 11.3 Å². The van der Waals surface area contributed by atoms with Gasteiger partial charge in [0.2, 0.25) is 0 Å². The van der Waals surface area contributed by atoms with Crippen LogP contribution >= 0.6 is 0 Å². The van der Waals surface area contributed by atoms with E-state index in [1.54, 1.807) is 30.3 Å². The molecule has 0 atom stereocenters. The molecule has 0 heterocycles. The highest BCUT2D eigenvalue weighted by atomic mass is 16.5. The summed E-state index contributed by atoms with van der Waals surface area (Å²) in [6, 6.07) is 14.0. The lowest BCUT2D eigenvalue weighted by molar-refractivity contribution is -0.130. The summed E-state index contributed by atoms with van der Waals surface area (Å²) < 4.78 is 5.36. The van der Waals surface area contributed by atoms with Gasteiger partial charge < -0.3 is 15.6 Å². The van der Waals surface area contributed by atoms with Gasteiger partial charge in [-0.05, 0) is 48.4 Å². The molecular formula is C17H17NO3. The zero-order valence-corrected chi connectivity index (χ0v) is 11.7. The lowest BCUT2D eigenvalue weighted by Crippen LogP contribution is -2.00. The molecule has 2 aromatic carbocycles. The highest BCUT2D eigenvalue weighted by Crippen LogP contribution is 2.21. The molecule has 0 saturated heterocycles. The minimum absolute atomic E-state index is 0.221. The molecular weight excluding hydrogens is 266 g/mol. The summed E-state index contributed by atoms with van der Waals surface area (Å²) in [7, 11) is 0. The Morgan fingerprint density at radius 3 is 2.29 bits per heavy atom. The van der Waals surface area contributed by atoms with E-state index >= 15 is 0 Å². The van der Waals surface area contributed by atoms with Crippen molar-refractivity contribution in [1.29, 1.82) is 0 Å². The molecule has 0 spiro atoms. The Kier molecular flexibility index (Phi) is 4.61. The third-order valence-corrected chi connectivity index (χ3v) is 2.95. The molecule has 108 valence electrons. The second-order valence-corrected chi connectivity index (χ2v) is 4.49. The molecule has 4 nitrogen and oxygen atoms in total. The largest absolute Gasteiger partial charge is 0.494 e. The fourth-order valence-corrected chi connectivity index (χ4v) is 1.92. The molecule has 0 aliphatic heterocycles. The number of ether oxygens (including phenoxy) is 1. The van der Waals surface area contributed by atoms with E-state index in [1.807, 2.05) is 31.2 Å². The van der Waals surface area contributed by atoms with Crippen molar-refractivity contribution in [3.63, 3.8) is 0 Å². The van der Waals surface area contributed by atoms with Gasteiger partial charge in [-0.15, -0.1) is 0 Å². The number of carboxylic acid groups (broad SMARTS) is 1. The van der Waals surface area contributed by atoms with Crippen LogP contribution in [0.3, 0.4) is 0 Å². The van der Waals surface area contributed by atoms with E-state index in [-0.39, 0.29) is 5.57 Å². The zero-order chi connectivity index (χ0) is 15.2. The summed E-state index contributed by atoms with van der Waals surface area (Å²) in [6.45, 7) is 2.51. The molecule has 0 aromatic heterocycles. The van der Waals surface area contributed by atoms with Crippen LogP contribution < -0.4 is 10.5 Å². The molecule has 0 aliphatic carbocycles. The van der Waals surface area contributed by atoms with Crippen molar-refractivity contribution in [2.75, 3.05) is 12.3 Å². The van der Waals surface area contributed by atoms with E-state index in [4.69, 9.17) is 10.5 Å². The third-order valence-electron chi connectivity index (χ3n) is 2.95. The molecule has 3 N–H and O–H groups in total. The van der Waals surface area contributed by atoms with Gasteiger partial charge in [0.05, 0.1) is 12.2 Å². The number of nitrogens with two attached hydrogens (primary N) is 1. The first-order valence-electron chi connectivity index (χ1n) is 6.64. The van der Waals surface area contributed by atoms with Gasteiger partial charge >= 0.3 is 5.97 Å². The minimum Gasteiger partial charge on any atom is -0.494 e. The van der Waals surface area contributed by atoms with Gasteiger partial charge in [0.15, 0.2) is 0 Å². The topological polar surface area (TPSA) is 72.5 Å². The van der Waals surface area contributed by atoms with E-state index in [0.29, 0.717) is 17.9 Å². The molecule has 0 unspecified atom stereocenters. The van der Waals surface area contributed by atoms with Gasteiger partial charge in [0.1, 0.15) is 5.75 Å². The summed E-state index contributed by atoms with van der Waals surface area (Å²) in [5.74, 6) is -0.215. The monoisotopic (exact) mass is 283 g/mol. The molecule has 4 heteroatoms. The van der Waals surface area contributed by atoms with Crippen LogP contribution in [0.25, 0.3) is 11.6 Å². The van der Waals surface area contributed by atoms with Crippen molar-refractivity contribution >= 4 is 23.3 Å². The molecule has 21 heavy (non-hydrogen) atoms. The second-order valence-electron chi connectivity index (χ2n) is 4.49. The molecule has 0 aliphatic rings. The van der Waals surface area contributed by atoms with Crippen molar-refractivity contribution in [2.24, 2.45) is 0 Å². The average Bonchev–Trinajstić information content (AvgIpc) is 2.47. The van der Waals surface area contributed by atoms with Gasteiger partial charge in [-0.25, -0.2) is 4.79 Å². The summed E-state index contributed by atoms with van der Waals surface area (Å²) in [5.41, 5.74) is 7.86. The fraction of sp³-hybridized carbons (Fsp3) is 0.118. The summed E-state index contributed by atoms with van der Waals surface area (Å²) >= 11 is 0. The molecule has 0 fully saturated rings. The Labute approximate surface area is 123 Å². The van der Waals surface area contributed by atoms with Gasteiger partial charge in [-0.2, -0.15) is 0 Å². The van der Waals surface area contributed by atoms with E-state index in [1.165, 1.54) is 0 Å². The highest BCUT2D eigenvalue weighted by molar-refractivity contribution is 6.20. The number of anilines is 1. The van der Waals surface area contributed by atoms with Crippen LogP contribution in [0.1, 0.15) is 18.1 Å². The molecule has 0 saturated carbocycles. The number of nitrogen functional groups attached to an aromatic ring is 1. The number of carboxylic acids is 1. The van der Waals surface area contributed by atoms with Gasteiger partial charge in [-0.1, -0.05) is 24.3 Å². The number of hydrogen-bond donors (Lipinski definition) is 2. The van der Waals surface area contributed by atoms with Crippen molar-refractivity contribution in [1.82, 2.24) is 0 Å². The van der Waals surface area contributed by atoms with Gasteiger partial charge in [0.25, 0.3) is 0 Å².